The van der Waals surface area contributed by atoms with E-state index >= 15 is 0 Å². The Balaban J connectivity index is 1.50. The maximum atomic E-state index is 13.2. The van der Waals surface area contributed by atoms with Crippen molar-refractivity contribution in [2.75, 3.05) is 30.9 Å². The first kappa shape index (κ1) is 27.1. The molecule has 0 atom stereocenters. The standard InChI is InChI=1S/C26H28ClN3O5S2/c1-18-4-8-22(9-5-18)37(34,35)30-14-12-29(13-15-30)26(31)21-7-10-23(27)25(17-21)36(32,33)28-24-11-6-19(2)16-20(24)3/h4-11,16-17,28H,12-15H2,1-3H3. The van der Waals surface area contributed by atoms with Crippen LogP contribution in [0.3, 0.4) is 0 Å². The summed E-state index contributed by atoms with van der Waals surface area (Å²) in [4.78, 5) is 14.7. The van der Waals surface area contributed by atoms with Gasteiger partial charge >= 0.3 is 0 Å². The highest BCUT2D eigenvalue weighted by Crippen LogP contribution is 2.27. The van der Waals surface area contributed by atoms with E-state index in [1.807, 2.05) is 19.9 Å². The second-order valence-electron chi connectivity index (χ2n) is 9.08. The Morgan fingerprint density at radius 3 is 2.05 bits per heavy atom. The molecule has 3 aromatic carbocycles. The van der Waals surface area contributed by atoms with Gasteiger partial charge in [-0.05, 0) is 62.7 Å². The minimum atomic E-state index is -4.07. The number of hydrogen-bond acceptors (Lipinski definition) is 5. The molecule has 1 saturated heterocycles. The smallest absolute Gasteiger partial charge is 0.263 e. The number of aryl methyl sites for hydroxylation is 3. The fourth-order valence-electron chi connectivity index (χ4n) is 4.14. The van der Waals surface area contributed by atoms with E-state index < -0.39 is 26.0 Å². The van der Waals surface area contributed by atoms with Crippen molar-refractivity contribution in [1.82, 2.24) is 9.21 Å². The quantitative estimate of drug-likeness (QED) is 0.485. The van der Waals surface area contributed by atoms with Gasteiger partial charge in [-0.25, -0.2) is 16.8 Å². The second-order valence-corrected chi connectivity index (χ2v) is 13.1. The van der Waals surface area contributed by atoms with E-state index in [9.17, 15) is 21.6 Å². The summed E-state index contributed by atoms with van der Waals surface area (Å²) >= 11 is 6.22. The summed E-state index contributed by atoms with van der Waals surface area (Å²) in [5.41, 5.74) is 3.29. The molecule has 37 heavy (non-hydrogen) atoms. The largest absolute Gasteiger partial charge is 0.336 e. The van der Waals surface area contributed by atoms with Crippen molar-refractivity contribution < 1.29 is 21.6 Å². The van der Waals surface area contributed by atoms with Crippen LogP contribution in [0.2, 0.25) is 5.02 Å². The van der Waals surface area contributed by atoms with E-state index in [4.69, 9.17) is 11.6 Å². The van der Waals surface area contributed by atoms with Crippen molar-refractivity contribution in [3.05, 3.63) is 87.9 Å². The van der Waals surface area contributed by atoms with Crippen molar-refractivity contribution in [1.29, 1.82) is 0 Å². The summed E-state index contributed by atoms with van der Waals surface area (Å²) in [6.45, 7) is 6.21. The molecule has 0 radical (unpaired) electrons. The Labute approximate surface area is 223 Å². The minimum absolute atomic E-state index is 0.0113. The fraction of sp³-hybridized carbons (Fsp3) is 0.269. The molecule has 0 aromatic heterocycles. The lowest BCUT2D eigenvalue weighted by atomic mass is 10.1. The van der Waals surface area contributed by atoms with E-state index in [2.05, 4.69) is 4.72 Å². The van der Waals surface area contributed by atoms with E-state index in [1.54, 1.807) is 43.3 Å². The molecule has 4 rings (SSSR count). The van der Waals surface area contributed by atoms with Gasteiger partial charge in [-0.1, -0.05) is 47.0 Å². The van der Waals surface area contributed by atoms with Crippen LogP contribution in [-0.2, 0) is 20.0 Å². The van der Waals surface area contributed by atoms with Gasteiger partial charge in [0.05, 0.1) is 15.6 Å². The van der Waals surface area contributed by atoms with Crippen LogP contribution >= 0.6 is 11.6 Å². The number of hydrogen-bond donors (Lipinski definition) is 1. The van der Waals surface area contributed by atoms with Gasteiger partial charge < -0.3 is 4.90 Å². The molecule has 0 aliphatic carbocycles. The van der Waals surface area contributed by atoms with Crippen LogP contribution < -0.4 is 4.72 Å². The summed E-state index contributed by atoms with van der Waals surface area (Å²) < 4.78 is 56.1. The fourth-order valence-corrected chi connectivity index (χ4v) is 7.22. The van der Waals surface area contributed by atoms with Gasteiger partial charge in [0.2, 0.25) is 10.0 Å². The lowest BCUT2D eigenvalue weighted by Crippen LogP contribution is -2.50. The molecule has 196 valence electrons. The highest BCUT2D eigenvalue weighted by Gasteiger charge is 2.31. The number of nitrogens with zero attached hydrogens (tertiary/aromatic N) is 2. The molecule has 0 spiro atoms. The molecule has 1 amide bonds. The predicted molar refractivity (Wildman–Crippen MR) is 144 cm³/mol. The van der Waals surface area contributed by atoms with Crippen LogP contribution in [0.4, 0.5) is 5.69 Å². The number of carbonyl (C=O) groups is 1. The number of nitrogens with one attached hydrogen (secondary N) is 1. The van der Waals surface area contributed by atoms with E-state index in [-0.39, 0.29) is 46.6 Å². The molecule has 1 heterocycles. The third-order valence-corrected chi connectivity index (χ3v) is 10.0. The molecule has 3 aromatic rings. The van der Waals surface area contributed by atoms with Crippen LogP contribution in [0.5, 0.6) is 0 Å². The Bertz CT molecular complexity index is 1550. The lowest BCUT2D eigenvalue weighted by molar-refractivity contribution is 0.0697. The normalized spacial score (nSPS) is 15.0. The number of rotatable bonds is 6. The summed E-state index contributed by atoms with van der Waals surface area (Å²) in [6, 6.07) is 16.1. The van der Waals surface area contributed by atoms with Crippen molar-refractivity contribution in [3.63, 3.8) is 0 Å². The molecule has 1 aliphatic rings. The number of carbonyl (C=O) groups excluding carboxylic acids is 1. The number of sulfonamides is 2. The highest BCUT2D eigenvalue weighted by molar-refractivity contribution is 7.92. The number of halogens is 1. The first-order valence-electron chi connectivity index (χ1n) is 11.6. The Morgan fingerprint density at radius 1 is 0.811 bits per heavy atom. The number of piperazine rings is 1. The SMILES string of the molecule is Cc1ccc(S(=O)(=O)N2CCN(C(=O)c3ccc(Cl)c(S(=O)(=O)Nc4ccc(C)cc4C)c3)CC2)cc1. The van der Waals surface area contributed by atoms with Crippen molar-refractivity contribution in [2.45, 2.75) is 30.6 Å². The minimum Gasteiger partial charge on any atom is -0.336 e. The van der Waals surface area contributed by atoms with Crippen LogP contribution in [-0.4, -0.2) is 58.1 Å². The Hall–Kier alpha value is -2.92. The van der Waals surface area contributed by atoms with Crippen LogP contribution in [0, 0.1) is 20.8 Å². The predicted octanol–water partition coefficient (Wildman–Crippen LogP) is 4.21. The van der Waals surface area contributed by atoms with Gasteiger partial charge in [-0.3, -0.25) is 9.52 Å². The number of amides is 1. The third kappa shape index (κ3) is 5.82. The zero-order chi connectivity index (χ0) is 27.0. The summed E-state index contributed by atoms with van der Waals surface area (Å²) in [6.07, 6.45) is 0. The Kier molecular flexibility index (Phi) is 7.66. The number of benzene rings is 3. The van der Waals surface area contributed by atoms with Crippen molar-refractivity contribution in [2.24, 2.45) is 0 Å². The van der Waals surface area contributed by atoms with Crippen LogP contribution in [0.15, 0.2) is 70.5 Å². The first-order chi connectivity index (χ1) is 17.4. The molecule has 0 saturated carbocycles. The zero-order valence-corrected chi connectivity index (χ0v) is 23.1. The molecule has 1 aliphatic heterocycles. The molecule has 1 N–H and O–H groups in total. The topological polar surface area (TPSA) is 104 Å². The Morgan fingerprint density at radius 2 is 1.43 bits per heavy atom. The number of anilines is 1. The maximum Gasteiger partial charge on any atom is 0.263 e. The molecular weight excluding hydrogens is 534 g/mol. The highest BCUT2D eigenvalue weighted by atomic mass is 35.5. The molecule has 11 heteroatoms. The lowest BCUT2D eigenvalue weighted by Gasteiger charge is -2.34. The van der Waals surface area contributed by atoms with E-state index in [0.717, 1.165) is 16.7 Å². The van der Waals surface area contributed by atoms with Crippen molar-refractivity contribution in [3.8, 4) is 0 Å². The van der Waals surface area contributed by atoms with Gasteiger partial charge in [0, 0.05) is 31.7 Å². The molecule has 8 nitrogen and oxygen atoms in total. The van der Waals surface area contributed by atoms with Crippen molar-refractivity contribution >= 4 is 43.2 Å². The molecule has 0 unspecified atom stereocenters. The van der Waals surface area contributed by atoms with Gasteiger partial charge in [0.25, 0.3) is 15.9 Å². The summed E-state index contributed by atoms with van der Waals surface area (Å²) in [7, 11) is -7.74. The van der Waals surface area contributed by atoms with Gasteiger partial charge in [-0.2, -0.15) is 4.31 Å². The van der Waals surface area contributed by atoms with E-state index in [0.29, 0.717) is 5.69 Å². The van der Waals surface area contributed by atoms with Crippen LogP contribution in [0.25, 0.3) is 0 Å². The second kappa shape index (κ2) is 10.4. The molecule has 1 fully saturated rings. The summed E-state index contributed by atoms with van der Waals surface area (Å²) in [5.74, 6) is -0.396. The van der Waals surface area contributed by atoms with Gasteiger partial charge in [0.1, 0.15) is 4.90 Å². The van der Waals surface area contributed by atoms with Gasteiger partial charge in [-0.15, -0.1) is 0 Å². The average Bonchev–Trinajstić information content (AvgIpc) is 2.86. The van der Waals surface area contributed by atoms with E-state index in [1.165, 1.54) is 27.4 Å². The molecular formula is C26H28ClN3O5S2. The average molecular weight is 562 g/mol. The summed E-state index contributed by atoms with van der Waals surface area (Å²) in [5, 5.41) is -0.0113. The van der Waals surface area contributed by atoms with Crippen LogP contribution in [0.1, 0.15) is 27.0 Å². The monoisotopic (exact) mass is 561 g/mol. The molecule has 0 bridgehead atoms. The van der Waals surface area contributed by atoms with Gasteiger partial charge in [0.15, 0.2) is 0 Å². The third-order valence-electron chi connectivity index (χ3n) is 6.28. The maximum absolute atomic E-state index is 13.2. The zero-order valence-electron chi connectivity index (χ0n) is 20.7. The first-order valence-corrected chi connectivity index (χ1v) is 14.9.